The standard InChI is InChI=1S/C14H17FN4O/c1-8(2)12-9(3)13(19-18-12)17-14(20)16-11-7-5-4-6-10(11)15/h4-8H,1-3H3,(H3,16,17,18,19,20). The van der Waals surface area contributed by atoms with Crippen molar-refractivity contribution in [1.29, 1.82) is 0 Å². The molecule has 6 heteroatoms. The molecule has 0 spiro atoms. The predicted octanol–water partition coefficient (Wildman–Crippen LogP) is 3.62. The van der Waals surface area contributed by atoms with Gasteiger partial charge in [-0.25, -0.2) is 9.18 Å². The highest BCUT2D eigenvalue weighted by Crippen LogP contribution is 2.22. The molecule has 1 aromatic heterocycles. The maximum absolute atomic E-state index is 13.4. The van der Waals surface area contributed by atoms with E-state index < -0.39 is 11.8 Å². The molecule has 0 radical (unpaired) electrons. The number of benzene rings is 1. The second-order valence-corrected chi connectivity index (χ2v) is 4.82. The van der Waals surface area contributed by atoms with Crippen LogP contribution in [0.15, 0.2) is 24.3 Å². The molecule has 106 valence electrons. The third kappa shape index (κ3) is 2.96. The van der Waals surface area contributed by atoms with Gasteiger partial charge >= 0.3 is 6.03 Å². The highest BCUT2D eigenvalue weighted by Gasteiger charge is 2.14. The first-order valence-electron chi connectivity index (χ1n) is 6.36. The number of nitrogens with one attached hydrogen (secondary N) is 3. The molecule has 1 aromatic carbocycles. The lowest BCUT2D eigenvalue weighted by molar-refractivity contribution is 0.262. The molecule has 0 fully saturated rings. The molecule has 0 aliphatic rings. The van der Waals surface area contributed by atoms with E-state index in [1.807, 2.05) is 20.8 Å². The first-order valence-corrected chi connectivity index (χ1v) is 6.36. The summed E-state index contributed by atoms with van der Waals surface area (Å²) in [5.41, 5.74) is 1.97. The van der Waals surface area contributed by atoms with Crippen LogP contribution in [0.1, 0.15) is 31.0 Å². The number of rotatable bonds is 3. The first-order chi connectivity index (χ1) is 9.49. The molecule has 2 amide bonds. The third-order valence-corrected chi connectivity index (χ3v) is 2.98. The molecule has 0 bridgehead atoms. The van der Waals surface area contributed by atoms with Crippen LogP contribution in [-0.2, 0) is 0 Å². The third-order valence-electron chi connectivity index (χ3n) is 2.98. The van der Waals surface area contributed by atoms with E-state index in [-0.39, 0.29) is 11.6 Å². The van der Waals surface area contributed by atoms with Crippen molar-refractivity contribution in [2.24, 2.45) is 0 Å². The van der Waals surface area contributed by atoms with Gasteiger partial charge in [0.1, 0.15) is 5.82 Å². The summed E-state index contributed by atoms with van der Waals surface area (Å²) in [6.07, 6.45) is 0. The van der Waals surface area contributed by atoms with Crippen LogP contribution in [0.5, 0.6) is 0 Å². The van der Waals surface area contributed by atoms with Crippen LogP contribution >= 0.6 is 0 Å². The summed E-state index contributed by atoms with van der Waals surface area (Å²) in [4.78, 5) is 11.8. The van der Waals surface area contributed by atoms with E-state index in [1.54, 1.807) is 12.1 Å². The molecular formula is C14H17FN4O. The van der Waals surface area contributed by atoms with Crippen LogP contribution in [0.2, 0.25) is 0 Å². The number of amides is 2. The van der Waals surface area contributed by atoms with Gasteiger partial charge in [0, 0.05) is 11.3 Å². The van der Waals surface area contributed by atoms with Gasteiger partial charge in [0.25, 0.3) is 0 Å². The van der Waals surface area contributed by atoms with Gasteiger partial charge in [-0.1, -0.05) is 26.0 Å². The molecule has 0 aliphatic heterocycles. The van der Waals surface area contributed by atoms with Gasteiger partial charge in [0.05, 0.1) is 5.69 Å². The molecule has 0 unspecified atom stereocenters. The summed E-state index contributed by atoms with van der Waals surface area (Å²) < 4.78 is 13.4. The average Bonchev–Trinajstić information content (AvgIpc) is 2.74. The number of halogens is 1. The van der Waals surface area contributed by atoms with E-state index >= 15 is 0 Å². The van der Waals surface area contributed by atoms with Crippen LogP contribution < -0.4 is 10.6 Å². The number of aromatic nitrogens is 2. The summed E-state index contributed by atoms with van der Waals surface area (Å²) in [7, 11) is 0. The molecule has 2 aromatic rings. The van der Waals surface area contributed by atoms with Gasteiger partial charge in [-0.15, -0.1) is 0 Å². The number of anilines is 2. The molecule has 1 heterocycles. The van der Waals surface area contributed by atoms with E-state index in [2.05, 4.69) is 20.8 Å². The first kappa shape index (κ1) is 14.0. The lowest BCUT2D eigenvalue weighted by Gasteiger charge is -2.07. The van der Waals surface area contributed by atoms with Crippen molar-refractivity contribution in [1.82, 2.24) is 10.2 Å². The van der Waals surface area contributed by atoms with Crippen LogP contribution in [0.4, 0.5) is 20.7 Å². The zero-order chi connectivity index (χ0) is 14.7. The van der Waals surface area contributed by atoms with Crippen molar-refractivity contribution >= 4 is 17.5 Å². The second-order valence-electron chi connectivity index (χ2n) is 4.82. The van der Waals surface area contributed by atoms with Crippen molar-refractivity contribution < 1.29 is 9.18 Å². The maximum atomic E-state index is 13.4. The maximum Gasteiger partial charge on any atom is 0.324 e. The van der Waals surface area contributed by atoms with Crippen LogP contribution in [0.25, 0.3) is 0 Å². The fraction of sp³-hybridized carbons (Fsp3) is 0.286. The van der Waals surface area contributed by atoms with Gasteiger partial charge in [-0.05, 0) is 25.0 Å². The van der Waals surface area contributed by atoms with Crippen molar-refractivity contribution in [3.8, 4) is 0 Å². The Labute approximate surface area is 116 Å². The van der Waals surface area contributed by atoms with Gasteiger partial charge in [0.15, 0.2) is 5.82 Å². The summed E-state index contributed by atoms with van der Waals surface area (Å²) in [5.74, 6) is 0.250. The largest absolute Gasteiger partial charge is 0.324 e. The molecule has 3 N–H and O–H groups in total. The number of aromatic amines is 1. The summed E-state index contributed by atoms with van der Waals surface area (Å²) >= 11 is 0. The van der Waals surface area contributed by atoms with Crippen molar-refractivity contribution in [2.75, 3.05) is 10.6 Å². The van der Waals surface area contributed by atoms with Crippen molar-refractivity contribution in [3.63, 3.8) is 0 Å². The van der Waals surface area contributed by atoms with E-state index in [0.29, 0.717) is 5.82 Å². The predicted molar refractivity (Wildman–Crippen MR) is 76.5 cm³/mol. The minimum atomic E-state index is -0.528. The van der Waals surface area contributed by atoms with Gasteiger partial charge in [-0.3, -0.25) is 10.4 Å². The number of nitrogens with zero attached hydrogens (tertiary/aromatic N) is 1. The fourth-order valence-electron chi connectivity index (χ4n) is 1.92. The smallest absolute Gasteiger partial charge is 0.305 e. The Morgan fingerprint density at radius 1 is 1.30 bits per heavy atom. The number of H-pyrrole nitrogens is 1. The number of carbonyl (C=O) groups excluding carboxylic acids is 1. The number of urea groups is 1. The normalized spacial score (nSPS) is 10.7. The van der Waals surface area contributed by atoms with Crippen LogP contribution in [0.3, 0.4) is 0 Å². The molecule has 0 saturated heterocycles. The van der Waals surface area contributed by atoms with Gasteiger partial charge < -0.3 is 5.32 Å². The lowest BCUT2D eigenvalue weighted by Crippen LogP contribution is -2.20. The molecule has 5 nitrogen and oxygen atoms in total. The summed E-state index contributed by atoms with van der Waals surface area (Å²) in [6, 6.07) is 5.46. The Morgan fingerprint density at radius 3 is 2.60 bits per heavy atom. The topological polar surface area (TPSA) is 69.8 Å². The van der Waals surface area contributed by atoms with Crippen molar-refractivity contribution in [3.05, 3.63) is 41.3 Å². The highest BCUT2D eigenvalue weighted by atomic mass is 19.1. The Kier molecular flexibility index (Phi) is 4.02. The lowest BCUT2D eigenvalue weighted by atomic mass is 10.1. The average molecular weight is 276 g/mol. The number of para-hydroxylation sites is 1. The van der Waals surface area contributed by atoms with Crippen molar-refractivity contribution in [2.45, 2.75) is 26.7 Å². The number of hydrogen-bond donors (Lipinski definition) is 3. The van der Waals surface area contributed by atoms with Crippen LogP contribution in [-0.4, -0.2) is 16.2 Å². The zero-order valence-electron chi connectivity index (χ0n) is 11.6. The van der Waals surface area contributed by atoms with E-state index in [1.165, 1.54) is 12.1 Å². The second kappa shape index (κ2) is 5.73. The van der Waals surface area contributed by atoms with E-state index in [0.717, 1.165) is 11.3 Å². The quantitative estimate of drug-likeness (QED) is 0.801. The van der Waals surface area contributed by atoms with E-state index in [9.17, 15) is 9.18 Å². The minimum Gasteiger partial charge on any atom is -0.305 e. The molecule has 0 aliphatic carbocycles. The summed E-state index contributed by atoms with van der Waals surface area (Å²) in [6.45, 7) is 5.94. The SMILES string of the molecule is Cc1c(NC(=O)Nc2ccccc2F)n[nH]c1C(C)C. The Bertz CT molecular complexity index is 621. The fourth-order valence-corrected chi connectivity index (χ4v) is 1.92. The molecular weight excluding hydrogens is 259 g/mol. The molecule has 0 saturated carbocycles. The monoisotopic (exact) mass is 276 g/mol. The summed E-state index contributed by atoms with van der Waals surface area (Å²) in [5, 5.41) is 12.0. The Balaban J connectivity index is 2.07. The molecule has 2 rings (SSSR count). The minimum absolute atomic E-state index is 0.127. The highest BCUT2D eigenvalue weighted by molar-refractivity contribution is 5.99. The Hall–Kier alpha value is -2.37. The zero-order valence-corrected chi connectivity index (χ0v) is 11.6. The Morgan fingerprint density at radius 2 is 2.00 bits per heavy atom. The number of hydrogen-bond acceptors (Lipinski definition) is 2. The van der Waals surface area contributed by atoms with Crippen LogP contribution in [0, 0.1) is 12.7 Å². The number of carbonyl (C=O) groups is 1. The molecule has 0 atom stereocenters. The van der Waals surface area contributed by atoms with Gasteiger partial charge in [-0.2, -0.15) is 5.10 Å². The van der Waals surface area contributed by atoms with E-state index in [4.69, 9.17) is 0 Å². The van der Waals surface area contributed by atoms with Gasteiger partial charge in [0.2, 0.25) is 0 Å². The molecule has 20 heavy (non-hydrogen) atoms.